The zero-order chi connectivity index (χ0) is 22.3. The Morgan fingerprint density at radius 2 is 1.97 bits per heavy atom. The first-order chi connectivity index (χ1) is 15.4. The van der Waals surface area contributed by atoms with Gasteiger partial charge in [0.25, 0.3) is 5.89 Å². The Morgan fingerprint density at radius 3 is 2.75 bits per heavy atom. The lowest BCUT2D eigenvalue weighted by Crippen LogP contribution is -2.54. The van der Waals surface area contributed by atoms with E-state index in [0.29, 0.717) is 6.54 Å². The van der Waals surface area contributed by atoms with Gasteiger partial charge in [-0.05, 0) is 38.1 Å². The number of alkyl halides is 3. The molecule has 170 valence electrons. The number of hydrogen-bond acceptors (Lipinski definition) is 8. The van der Waals surface area contributed by atoms with E-state index >= 15 is 0 Å². The Bertz CT molecular complexity index is 1030. The van der Waals surface area contributed by atoms with Gasteiger partial charge in [-0.25, -0.2) is 5.43 Å². The molecule has 2 fully saturated rings. The summed E-state index contributed by atoms with van der Waals surface area (Å²) in [5, 5.41) is 12.2. The maximum Gasteiger partial charge on any atom is 0.573 e. The topological polar surface area (TPSA) is 105 Å². The Hall–Kier alpha value is -3.12. The highest BCUT2D eigenvalue weighted by atomic mass is 19.4. The Kier molecular flexibility index (Phi) is 5.25. The van der Waals surface area contributed by atoms with Crippen molar-refractivity contribution in [1.29, 1.82) is 0 Å². The van der Waals surface area contributed by atoms with Crippen LogP contribution < -0.4 is 20.8 Å². The molecule has 0 spiro atoms. The molecule has 2 atom stereocenters. The van der Waals surface area contributed by atoms with E-state index in [1.165, 1.54) is 18.2 Å². The number of hydrogen-bond donors (Lipinski definition) is 3. The molecule has 2 aromatic rings. The molecule has 2 unspecified atom stereocenters. The molecule has 12 heteroatoms. The van der Waals surface area contributed by atoms with Crippen LogP contribution in [0.3, 0.4) is 0 Å². The van der Waals surface area contributed by atoms with Crippen molar-refractivity contribution < 1.29 is 27.2 Å². The fourth-order valence-electron chi connectivity index (χ4n) is 4.41. The zero-order valence-electron chi connectivity index (χ0n) is 16.9. The number of rotatable bonds is 4. The van der Waals surface area contributed by atoms with E-state index in [-0.39, 0.29) is 35.0 Å². The second-order valence-corrected chi connectivity index (χ2v) is 7.89. The number of allylic oxidation sites excluding steroid dienone is 1. The number of carbonyl (C=O) groups is 1. The number of amides is 1. The van der Waals surface area contributed by atoms with Crippen LogP contribution in [0.4, 0.5) is 13.2 Å². The number of halogens is 3. The number of aromatic nitrogens is 2. The number of benzene rings is 1. The van der Waals surface area contributed by atoms with Gasteiger partial charge in [0.2, 0.25) is 5.91 Å². The molecule has 3 aliphatic rings. The molecule has 9 nitrogen and oxygen atoms in total. The largest absolute Gasteiger partial charge is 0.573 e. The quantitative estimate of drug-likeness (QED) is 0.649. The van der Waals surface area contributed by atoms with E-state index < -0.39 is 18.3 Å². The highest BCUT2D eigenvalue weighted by molar-refractivity contribution is 5.89. The molecule has 4 heterocycles. The highest BCUT2D eigenvalue weighted by Gasteiger charge is 2.44. The minimum absolute atomic E-state index is 0.0364. The third kappa shape index (κ3) is 4.02. The third-order valence-corrected chi connectivity index (χ3v) is 5.86. The summed E-state index contributed by atoms with van der Waals surface area (Å²) in [6, 6.07) is 5.58. The first-order valence-corrected chi connectivity index (χ1v) is 10.3. The van der Waals surface area contributed by atoms with E-state index in [2.05, 4.69) is 30.9 Å². The molecule has 0 saturated carbocycles. The molecule has 0 aliphatic carbocycles. The normalized spacial score (nSPS) is 24.2. The second kappa shape index (κ2) is 8.10. The summed E-state index contributed by atoms with van der Waals surface area (Å²) in [4.78, 5) is 16.7. The van der Waals surface area contributed by atoms with Gasteiger partial charge in [0.05, 0.1) is 11.5 Å². The molecule has 1 amide bonds. The fourth-order valence-corrected chi connectivity index (χ4v) is 4.41. The number of ether oxygens (including phenoxy) is 1. The maximum absolute atomic E-state index is 12.7. The van der Waals surface area contributed by atoms with E-state index in [0.717, 1.165) is 31.6 Å². The van der Waals surface area contributed by atoms with E-state index in [1.54, 1.807) is 12.1 Å². The monoisotopic (exact) mass is 450 g/mol. The lowest BCUT2D eigenvalue weighted by molar-refractivity contribution is -0.274. The summed E-state index contributed by atoms with van der Waals surface area (Å²) < 4.78 is 47.6. The number of fused-ring (bicyclic) bond motifs is 1. The molecule has 3 N–H and O–H groups in total. The van der Waals surface area contributed by atoms with E-state index in [1.807, 2.05) is 5.01 Å². The third-order valence-electron chi connectivity index (χ3n) is 5.86. The first-order valence-electron chi connectivity index (χ1n) is 10.3. The second-order valence-electron chi connectivity index (χ2n) is 7.89. The molecule has 5 rings (SSSR count). The Labute approximate surface area is 180 Å². The van der Waals surface area contributed by atoms with Crippen LogP contribution in [0.5, 0.6) is 5.75 Å². The highest BCUT2D eigenvalue weighted by Crippen LogP contribution is 2.36. The predicted molar refractivity (Wildman–Crippen MR) is 105 cm³/mol. The number of hydrazine groups is 1. The van der Waals surface area contributed by atoms with E-state index in [9.17, 15) is 18.0 Å². The van der Waals surface area contributed by atoms with Crippen LogP contribution in [0.2, 0.25) is 0 Å². The van der Waals surface area contributed by atoms with Crippen LogP contribution >= 0.6 is 0 Å². The predicted octanol–water partition coefficient (Wildman–Crippen LogP) is 1.88. The van der Waals surface area contributed by atoms with Crippen LogP contribution in [0.1, 0.15) is 24.6 Å². The van der Waals surface area contributed by atoms with Crippen molar-refractivity contribution in [2.45, 2.75) is 31.3 Å². The molecule has 1 aromatic carbocycles. The van der Waals surface area contributed by atoms with Crippen molar-refractivity contribution in [2.24, 2.45) is 5.92 Å². The molecule has 32 heavy (non-hydrogen) atoms. The Balaban J connectivity index is 1.39. The molecule has 0 radical (unpaired) electrons. The number of carbonyl (C=O) groups excluding carboxylic acids is 1. The summed E-state index contributed by atoms with van der Waals surface area (Å²) in [6.07, 6.45) is -1.80. The number of para-hydroxylation sites is 1. The van der Waals surface area contributed by atoms with Gasteiger partial charge < -0.3 is 19.9 Å². The van der Waals surface area contributed by atoms with Crippen LogP contribution in [-0.2, 0) is 4.79 Å². The maximum atomic E-state index is 12.7. The van der Waals surface area contributed by atoms with Gasteiger partial charge in [-0.15, -0.1) is 13.2 Å². The van der Waals surface area contributed by atoms with Crippen molar-refractivity contribution in [1.82, 2.24) is 31.2 Å². The van der Waals surface area contributed by atoms with Gasteiger partial charge in [0, 0.05) is 24.2 Å². The minimum Gasteiger partial charge on any atom is -0.405 e. The average Bonchev–Trinajstić information content (AvgIpc) is 3.40. The number of piperidine rings is 1. The van der Waals surface area contributed by atoms with Gasteiger partial charge in [-0.2, -0.15) is 4.98 Å². The summed E-state index contributed by atoms with van der Waals surface area (Å²) in [6.45, 7) is 2.21. The van der Waals surface area contributed by atoms with Gasteiger partial charge in [0.15, 0.2) is 5.82 Å². The summed E-state index contributed by atoms with van der Waals surface area (Å²) in [7, 11) is 0. The summed E-state index contributed by atoms with van der Waals surface area (Å²) >= 11 is 0. The van der Waals surface area contributed by atoms with Gasteiger partial charge >= 0.3 is 6.36 Å². The molecule has 1 aromatic heterocycles. The zero-order valence-corrected chi connectivity index (χ0v) is 16.9. The standard InChI is InChI=1S/C20H21F3N6O3/c21-20(22,23)31-15-4-2-1-3-12(15)19-27-17(28-32-19)13-10-25-29-14(9-16(30)26-18(13)29)11-5-7-24-8-6-11/h1-4,9,11,13,18,24-25H,5-8,10H2,(H,26,30). The number of nitrogens with zero attached hydrogens (tertiary/aromatic N) is 3. The Morgan fingerprint density at radius 1 is 1.19 bits per heavy atom. The fraction of sp³-hybridized carbons (Fsp3) is 0.450. The molecular weight excluding hydrogens is 429 g/mol. The lowest BCUT2D eigenvalue weighted by Gasteiger charge is -2.38. The molecule has 3 aliphatic heterocycles. The van der Waals surface area contributed by atoms with Crippen LogP contribution in [0, 0.1) is 5.92 Å². The van der Waals surface area contributed by atoms with Crippen molar-refractivity contribution in [3.8, 4) is 17.2 Å². The van der Waals surface area contributed by atoms with E-state index in [4.69, 9.17) is 4.52 Å². The van der Waals surface area contributed by atoms with Gasteiger partial charge in [-0.1, -0.05) is 17.3 Å². The van der Waals surface area contributed by atoms with Crippen LogP contribution in [-0.4, -0.2) is 53.2 Å². The van der Waals surface area contributed by atoms with Crippen LogP contribution in [0.25, 0.3) is 11.5 Å². The van der Waals surface area contributed by atoms with Crippen molar-refractivity contribution in [3.63, 3.8) is 0 Å². The number of nitrogens with one attached hydrogen (secondary N) is 3. The van der Waals surface area contributed by atoms with Crippen molar-refractivity contribution >= 4 is 5.91 Å². The lowest BCUT2D eigenvalue weighted by atomic mass is 9.92. The van der Waals surface area contributed by atoms with Gasteiger partial charge in [-0.3, -0.25) is 9.80 Å². The van der Waals surface area contributed by atoms with Crippen LogP contribution in [0.15, 0.2) is 40.6 Å². The summed E-state index contributed by atoms with van der Waals surface area (Å²) in [5.41, 5.74) is 4.26. The SMILES string of the molecule is O=C1C=C(C2CCNCC2)N2NCC(c3noc(-c4ccccc4OC(F)(F)F)n3)C2N1. The molecule has 0 bridgehead atoms. The smallest absolute Gasteiger partial charge is 0.405 e. The average molecular weight is 450 g/mol. The van der Waals surface area contributed by atoms with Crippen molar-refractivity contribution in [3.05, 3.63) is 41.9 Å². The first kappa shape index (κ1) is 20.8. The molecular formula is C20H21F3N6O3. The molecule has 2 saturated heterocycles. The summed E-state index contributed by atoms with van der Waals surface area (Å²) in [5.74, 6) is -0.520. The van der Waals surface area contributed by atoms with Crippen molar-refractivity contribution in [2.75, 3.05) is 19.6 Å². The minimum atomic E-state index is -4.85. The van der Waals surface area contributed by atoms with Gasteiger partial charge in [0.1, 0.15) is 11.9 Å².